The summed E-state index contributed by atoms with van der Waals surface area (Å²) in [6, 6.07) is 10.6. The molecule has 2 fully saturated rings. The van der Waals surface area contributed by atoms with Crippen LogP contribution in [0.1, 0.15) is 19.3 Å². The van der Waals surface area contributed by atoms with Crippen LogP contribution in [0.25, 0.3) is 0 Å². The van der Waals surface area contributed by atoms with Gasteiger partial charge in [-0.3, -0.25) is 4.90 Å². The molecule has 3 atom stereocenters. The minimum absolute atomic E-state index is 0.459. The fourth-order valence-corrected chi connectivity index (χ4v) is 3.74. The molecule has 3 N–H and O–H groups in total. The van der Waals surface area contributed by atoms with Crippen LogP contribution in [0.15, 0.2) is 30.3 Å². The van der Waals surface area contributed by atoms with Crippen LogP contribution in [0, 0.1) is 5.92 Å². The minimum atomic E-state index is -1.000. The zero-order chi connectivity index (χ0) is 16.2. The SMILES string of the molecule is O[C@H]1[C@H](O)CN(CCC2CCN(c3ccccc3)CC2)C[C@@H]1O. The highest BCUT2D eigenvalue weighted by atomic mass is 16.4. The summed E-state index contributed by atoms with van der Waals surface area (Å²) >= 11 is 0. The van der Waals surface area contributed by atoms with Crippen LogP contribution in [-0.4, -0.2) is 71.3 Å². The molecular weight excluding hydrogens is 292 g/mol. The van der Waals surface area contributed by atoms with Crippen molar-refractivity contribution in [3.63, 3.8) is 0 Å². The lowest BCUT2D eigenvalue weighted by Crippen LogP contribution is -2.55. The highest BCUT2D eigenvalue weighted by Gasteiger charge is 2.33. The van der Waals surface area contributed by atoms with E-state index in [2.05, 4.69) is 40.1 Å². The molecule has 128 valence electrons. The number of likely N-dealkylation sites (tertiary alicyclic amines) is 1. The molecule has 3 rings (SSSR count). The summed E-state index contributed by atoms with van der Waals surface area (Å²) in [6.45, 7) is 4.00. The van der Waals surface area contributed by atoms with Crippen molar-refractivity contribution in [3.8, 4) is 0 Å². The predicted molar refractivity (Wildman–Crippen MR) is 90.5 cm³/mol. The van der Waals surface area contributed by atoms with Gasteiger partial charge in [-0.05, 0) is 43.9 Å². The van der Waals surface area contributed by atoms with Gasteiger partial charge in [-0.1, -0.05) is 18.2 Å². The van der Waals surface area contributed by atoms with Crippen LogP contribution in [0.4, 0.5) is 5.69 Å². The van der Waals surface area contributed by atoms with Gasteiger partial charge >= 0.3 is 0 Å². The molecule has 0 aromatic heterocycles. The number of aliphatic hydroxyl groups is 3. The molecule has 0 saturated carbocycles. The first-order chi connectivity index (χ1) is 11.1. The number of anilines is 1. The summed E-state index contributed by atoms with van der Waals surface area (Å²) in [4.78, 5) is 4.52. The molecule has 2 heterocycles. The highest BCUT2D eigenvalue weighted by Crippen LogP contribution is 2.25. The predicted octanol–water partition coefficient (Wildman–Crippen LogP) is 0.691. The van der Waals surface area contributed by atoms with Crippen molar-refractivity contribution >= 4 is 5.69 Å². The molecule has 2 aliphatic heterocycles. The van der Waals surface area contributed by atoms with Crippen LogP contribution in [-0.2, 0) is 0 Å². The number of β-amino-alcohol motifs (C(OH)–C–C–N with tert-alkyl or cyclic N) is 2. The minimum Gasteiger partial charge on any atom is -0.389 e. The molecule has 5 heteroatoms. The third kappa shape index (κ3) is 4.23. The van der Waals surface area contributed by atoms with Gasteiger partial charge in [-0.15, -0.1) is 0 Å². The molecule has 2 saturated heterocycles. The Labute approximate surface area is 138 Å². The average Bonchev–Trinajstić information content (AvgIpc) is 2.59. The van der Waals surface area contributed by atoms with Gasteiger partial charge in [0.25, 0.3) is 0 Å². The van der Waals surface area contributed by atoms with Gasteiger partial charge in [-0.25, -0.2) is 0 Å². The molecule has 0 amide bonds. The van der Waals surface area contributed by atoms with E-state index >= 15 is 0 Å². The van der Waals surface area contributed by atoms with E-state index in [1.807, 2.05) is 0 Å². The maximum Gasteiger partial charge on any atom is 0.108 e. The second kappa shape index (κ2) is 7.62. The van der Waals surface area contributed by atoms with E-state index in [1.165, 1.54) is 18.5 Å². The lowest BCUT2D eigenvalue weighted by Gasteiger charge is -2.38. The van der Waals surface area contributed by atoms with Crippen molar-refractivity contribution in [2.45, 2.75) is 37.6 Å². The van der Waals surface area contributed by atoms with Gasteiger partial charge in [0.15, 0.2) is 0 Å². The number of nitrogens with zero attached hydrogens (tertiary/aromatic N) is 2. The van der Waals surface area contributed by atoms with Crippen molar-refractivity contribution in [1.82, 2.24) is 4.90 Å². The first kappa shape index (κ1) is 16.7. The van der Waals surface area contributed by atoms with Gasteiger partial charge < -0.3 is 20.2 Å². The standard InChI is InChI=1S/C18H28N2O3/c21-16-12-19(13-17(22)18(16)23)9-6-14-7-10-20(11-8-14)15-4-2-1-3-5-15/h1-5,14,16-18,21-23H,6-13H2/t16-,17+,18+. The van der Waals surface area contributed by atoms with Crippen molar-refractivity contribution in [1.29, 1.82) is 0 Å². The van der Waals surface area contributed by atoms with Gasteiger partial charge in [0.1, 0.15) is 6.10 Å². The Kier molecular flexibility index (Phi) is 5.54. The Morgan fingerprint density at radius 3 is 2.13 bits per heavy atom. The molecule has 0 radical (unpaired) electrons. The molecule has 0 spiro atoms. The van der Waals surface area contributed by atoms with Crippen LogP contribution in [0.2, 0.25) is 0 Å². The number of aliphatic hydroxyl groups excluding tert-OH is 3. The molecule has 2 aliphatic rings. The summed E-state index contributed by atoms with van der Waals surface area (Å²) in [6.07, 6.45) is 0.808. The van der Waals surface area contributed by atoms with Crippen LogP contribution in [0.3, 0.4) is 0 Å². The van der Waals surface area contributed by atoms with E-state index in [-0.39, 0.29) is 0 Å². The van der Waals surface area contributed by atoms with E-state index in [4.69, 9.17) is 0 Å². The molecule has 1 aromatic rings. The second-order valence-electron chi connectivity index (χ2n) is 6.94. The zero-order valence-electron chi connectivity index (χ0n) is 13.6. The van der Waals surface area contributed by atoms with Crippen LogP contribution in [0.5, 0.6) is 0 Å². The number of benzene rings is 1. The number of rotatable bonds is 4. The third-order valence-corrected chi connectivity index (χ3v) is 5.27. The largest absolute Gasteiger partial charge is 0.389 e. The average molecular weight is 320 g/mol. The van der Waals surface area contributed by atoms with Crippen LogP contribution < -0.4 is 4.90 Å². The number of piperidine rings is 2. The van der Waals surface area contributed by atoms with Gasteiger partial charge in [-0.2, -0.15) is 0 Å². The summed E-state index contributed by atoms with van der Waals surface area (Å²) < 4.78 is 0. The summed E-state index contributed by atoms with van der Waals surface area (Å²) in [5.41, 5.74) is 1.31. The Morgan fingerprint density at radius 1 is 0.913 bits per heavy atom. The summed E-state index contributed by atoms with van der Waals surface area (Å²) in [5.74, 6) is 0.705. The van der Waals surface area contributed by atoms with Gasteiger partial charge in [0.2, 0.25) is 0 Å². The lowest BCUT2D eigenvalue weighted by molar-refractivity contribution is -0.110. The smallest absolute Gasteiger partial charge is 0.108 e. The molecule has 0 aliphatic carbocycles. The summed E-state index contributed by atoms with van der Waals surface area (Å²) in [7, 11) is 0. The lowest BCUT2D eigenvalue weighted by atomic mass is 9.92. The first-order valence-electron chi connectivity index (χ1n) is 8.70. The van der Waals surface area contributed by atoms with Crippen molar-refractivity contribution in [2.24, 2.45) is 5.92 Å². The van der Waals surface area contributed by atoms with E-state index in [9.17, 15) is 15.3 Å². The highest BCUT2D eigenvalue weighted by molar-refractivity contribution is 5.46. The van der Waals surface area contributed by atoms with Crippen molar-refractivity contribution < 1.29 is 15.3 Å². The maximum absolute atomic E-state index is 9.76. The number of hydrogen-bond donors (Lipinski definition) is 3. The Balaban J connectivity index is 1.41. The zero-order valence-corrected chi connectivity index (χ0v) is 13.6. The normalized spacial score (nSPS) is 30.6. The Morgan fingerprint density at radius 2 is 1.52 bits per heavy atom. The van der Waals surface area contributed by atoms with E-state index in [0.29, 0.717) is 19.0 Å². The third-order valence-electron chi connectivity index (χ3n) is 5.27. The molecule has 1 aromatic carbocycles. The monoisotopic (exact) mass is 320 g/mol. The maximum atomic E-state index is 9.76. The van der Waals surface area contributed by atoms with Crippen LogP contribution >= 0.6 is 0 Å². The number of hydrogen-bond acceptors (Lipinski definition) is 5. The fourth-order valence-electron chi connectivity index (χ4n) is 3.74. The molecule has 5 nitrogen and oxygen atoms in total. The van der Waals surface area contributed by atoms with Crippen molar-refractivity contribution in [3.05, 3.63) is 30.3 Å². The summed E-state index contributed by atoms with van der Waals surface area (Å²) in [5, 5.41) is 29.1. The van der Waals surface area contributed by atoms with E-state index in [1.54, 1.807) is 0 Å². The topological polar surface area (TPSA) is 67.2 Å². The Bertz CT molecular complexity index is 464. The molecule has 23 heavy (non-hydrogen) atoms. The quantitative estimate of drug-likeness (QED) is 0.762. The molecule has 0 unspecified atom stereocenters. The second-order valence-corrected chi connectivity index (χ2v) is 6.94. The Hall–Kier alpha value is -1.14. The fraction of sp³-hybridized carbons (Fsp3) is 0.667. The van der Waals surface area contributed by atoms with Gasteiger partial charge in [0, 0.05) is 31.9 Å². The van der Waals surface area contributed by atoms with E-state index in [0.717, 1.165) is 26.1 Å². The number of para-hydroxylation sites is 1. The van der Waals surface area contributed by atoms with Gasteiger partial charge in [0.05, 0.1) is 12.2 Å². The van der Waals surface area contributed by atoms with Crippen molar-refractivity contribution in [2.75, 3.05) is 37.6 Å². The molecule has 0 bridgehead atoms. The van der Waals surface area contributed by atoms with E-state index < -0.39 is 18.3 Å². The first-order valence-corrected chi connectivity index (χ1v) is 8.70. The molecular formula is C18H28N2O3.